The number of rotatable bonds is 8. The van der Waals surface area contributed by atoms with E-state index in [1.165, 1.54) is 5.56 Å². The molecule has 0 aromatic heterocycles. The van der Waals surface area contributed by atoms with Gasteiger partial charge in [0.2, 0.25) is 0 Å². The number of carboxylic acids is 1. The molecule has 0 heterocycles. The van der Waals surface area contributed by atoms with Crippen molar-refractivity contribution in [2.45, 2.75) is 25.7 Å². The van der Waals surface area contributed by atoms with Crippen LogP contribution in [0.1, 0.15) is 35.1 Å². The third kappa shape index (κ3) is 4.67. The lowest BCUT2D eigenvalue weighted by molar-refractivity contribution is -0.141. The van der Waals surface area contributed by atoms with Crippen molar-refractivity contribution in [3.05, 3.63) is 95.1 Å². The van der Waals surface area contributed by atoms with Gasteiger partial charge < -0.3 is 15.2 Å². The van der Waals surface area contributed by atoms with Crippen LogP contribution in [0.5, 0.6) is 0 Å². The van der Waals surface area contributed by atoms with Crippen molar-refractivity contribution in [1.82, 2.24) is 5.32 Å². The summed E-state index contributed by atoms with van der Waals surface area (Å²) < 4.78 is 5.51. The Labute approximate surface area is 188 Å². The molecule has 1 aliphatic carbocycles. The van der Waals surface area contributed by atoms with Crippen molar-refractivity contribution < 1.29 is 19.4 Å². The molecule has 0 aliphatic heterocycles. The summed E-state index contributed by atoms with van der Waals surface area (Å²) in [5, 5.41) is 12.2. The van der Waals surface area contributed by atoms with Crippen LogP contribution in [0, 0.1) is 5.92 Å². The summed E-state index contributed by atoms with van der Waals surface area (Å²) in [6.07, 6.45) is 0.689. The number of ether oxygens (including phenoxy) is 1. The molecular weight excluding hydrogens is 402 g/mol. The second-order valence-electron chi connectivity index (χ2n) is 8.12. The van der Waals surface area contributed by atoms with Gasteiger partial charge in [-0.2, -0.15) is 0 Å². The summed E-state index contributed by atoms with van der Waals surface area (Å²) in [7, 11) is 0. The maximum atomic E-state index is 12.4. The van der Waals surface area contributed by atoms with E-state index in [-0.39, 0.29) is 19.1 Å². The van der Waals surface area contributed by atoms with E-state index in [1.54, 1.807) is 0 Å². The molecule has 32 heavy (non-hydrogen) atoms. The second kappa shape index (κ2) is 9.69. The van der Waals surface area contributed by atoms with Crippen molar-refractivity contribution >= 4 is 12.1 Å². The van der Waals surface area contributed by atoms with Crippen LogP contribution < -0.4 is 5.32 Å². The van der Waals surface area contributed by atoms with Crippen LogP contribution in [0.4, 0.5) is 4.79 Å². The molecule has 0 radical (unpaired) electrons. The molecule has 164 valence electrons. The number of nitrogens with one attached hydrogen (secondary N) is 1. The molecule has 4 rings (SSSR count). The average Bonchev–Trinajstić information content (AvgIpc) is 3.14. The molecule has 0 spiro atoms. The molecule has 5 heteroatoms. The summed E-state index contributed by atoms with van der Waals surface area (Å²) in [6, 6.07) is 24.2. The lowest BCUT2D eigenvalue weighted by Gasteiger charge is -2.16. The second-order valence-corrected chi connectivity index (χ2v) is 8.12. The number of hydrogen-bond donors (Lipinski definition) is 2. The van der Waals surface area contributed by atoms with Crippen molar-refractivity contribution in [2.75, 3.05) is 13.2 Å². The quantitative estimate of drug-likeness (QED) is 0.527. The molecule has 5 nitrogen and oxygen atoms in total. The van der Waals surface area contributed by atoms with Gasteiger partial charge in [0.05, 0.1) is 5.92 Å². The van der Waals surface area contributed by atoms with Crippen LogP contribution in [-0.4, -0.2) is 30.3 Å². The Morgan fingerprint density at radius 2 is 1.47 bits per heavy atom. The molecule has 1 amide bonds. The fourth-order valence-corrected chi connectivity index (χ4v) is 4.30. The largest absolute Gasteiger partial charge is 0.481 e. The van der Waals surface area contributed by atoms with Crippen molar-refractivity contribution in [3.63, 3.8) is 0 Å². The lowest BCUT2D eigenvalue weighted by Crippen LogP contribution is -2.35. The van der Waals surface area contributed by atoms with E-state index in [1.807, 2.05) is 48.5 Å². The van der Waals surface area contributed by atoms with Crippen LogP contribution >= 0.6 is 0 Å². The molecule has 2 N–H and O–H groups in total. The summed E-state index contributed by atoms with van der Waals surface area (Å²) in [6.45, 7) is 2.30. The number of carboxylic acid groups (broad SMARTS) is 1. The highest BCUT2D eigenvalue weighted by Crippen LogP contribution is 2.44. The predicted molar refractivity (Wildman–Crippen MR) is 124 cm³/mol. The molecule has 1 unspecified atom stereocenters. The summed E-state index contributed by atoms with van der Waals surface area (Å²) >= 11 is 0. The van der Waals surface area contributed by atoms with Gasteiger partial charge in [-0.25, -0.2) is 4.79 Å². The van der Waals surface area contributed by atoms with Gasteiger partial charge in [-0.3, -0.25) is 4.79 Å². The smallest absolute Gasteiger partial charge is 0.407 e. The molecular formula is C27H27NO4. The van der Waals surface area contributed by atoms with Crippen LogP contribution in [0.15, 0.2) is 72.8 Å². The molecule has 0 bridgehead atoms. The fraction of sp³-hybridized carbons (Fsp3) is 0.259. The first-order valence-corrected chi connectivity index (χ1v) is 11.0. The first kappa shape index (κ1) is 21.6. The summed E-state index contributed by atoms with van der Waals surface area (Å²) in [4.78, 5) is 24.0. The van der Waals surface area contributed by atoms with Gasteiger partial charge in [0.25, 0.3) is 0 Å². The van der Waals surface area contributed by atoms with Crippen LogP contribution in [0.25, 0.3) is 11.1 Å². The van der Waals surface area contributed by atoms with Crippen LogP contribution in [0.3, 0.4) is 0 Å². The molecule has 1 atom stereocenters. The van der Waals surface area contributed by atoms with Gasteiger partial charge in [-0.05, 0) is 46.2 Å². The van der Waals surface area contributed by atoms with Gasteiger partial charge in [0.1, 0.15) is 6.61 Å². The van der Waals surface area contributed by atoms with E-state index in [4.69, 9.17) is 4.74 Å². The Balaban J connectivity index is 1.35. The Bertz CT molecular complexity index is 1060. The molecule has 0 saturated heterocycles. The highest BCUT2D eigenvalue weighted by molar-refractivity contribution is 5.79. The summed E-state index contributed by atoms with van der Waals surface area (Å²) in [5.74, 6) is -1.69. The zero-order valence-electron chi connectivity index (χ0n) is 18.1. The van der Waals surface area contributed by atoms with E-state index in [0.29, 0.717) is 6.42 Å². The number of fused-ring (bicyclic) bond motifs is 3. The molecule has 0 saturated carbocycles. The van der Waals surface area contributed by atoms with E-state index in [9.17, 15) is 14.7 Å². The third-order valence-corrected chi connectivity index (χ3v) is 6.10. The first-order chi connectivity index (χ1) is 15.6. The number of aliphatic carboxylic acids is 1. The van der Waals surface area contributed by atoms with E-state index in [0.717, 1.165) is 34.2 Å². The maximum absolute atomic E-state index is 12.4. The van der Waals surface area contributed by atoms with Gasteiger partial charge >= 0.3 is 12.1 Å². The van der Waals surface area contributed by atoms with E-state index < -0.39 is 18.0 Å². The number of carbonyl (C=O) groups excluding carboxylic acids is 1. The minimum atomic E-state index is -0.941. The van der Waals surface area contributed by atoms with Crippen molar-refractivity contribution in [1.29, 1.82) is 0 Å². The monoisotopic (exact) mass is 429 g/mol. The molecule has 3 aromatic carbocycles. The van der Waals surface area contributed by atoms with Gasteiger partial charge in [-0.15, -0.1) is 0 Å². The SMILES string of the molecule is CCc1ccc(CC(CNC(=O)OCC2c3ccccc3-c3ccccc32)C(=O)O)cc1. The van der Waals surface area contributed by atoms with Gasteiger partial charge in [0, 0.05) is 12.5 Å². The Kier molecular flexibility index (Phi) is 6.55. The fourth-order valence-electron chi connectivity index (χ4n) is 4.30. The highest BCUT2D eigenvalue weighted by atomic mass is 16.5. The van der Waals surface area contributed by atoms with Crippen molar-refractivity contribution in [2.24, 2.45) is 5.92 Å². The average molecular weight is 430 g/mol. The standard InChI is InChI=1S/C27H27NO4/c1-2-18-11-13-19(14-12-18)15-20(26(29)30)16-28-27(31)32-17-25-23-9-5-3-7-21(23)22-8-4-6-10-24(22)25/h3-14,20,25H,2,15-17H2,1H3,(H,28,31)(H,29,30). The zero-order chi connectivity index (χ0) is 22.5. The normalized spacial score (nSPS) is 13.2. The van der Waals surface area contributed by atoms with E-state index >= 15 is 0 Å². The minimum Gasteiger partial charge on any atom is -0.481 e. The lowest BCUT2D eigenvalue weighted by atomic mass is 9.98. The van der Waals surface area contributed by atoms with Gasteiger partial charge in [-0.1, -0.05) is 79.7 Å². The Morgan fingerprint density at radius 1 is 0.906 bits per heavy atom. The maximum Gasteiger partial charge on any atom is 0.407 e. The third-order valence-electron chi connectivity index (χ3n) is 6.10. The molecule has 1 aliphatic rings. The Hall–Kier alpha value is -3.60. The number of aryl methyl sites for hydroxylation is 1. The van der Waals surface area contributed by atoms with E-state index in [2.05, 4.69) is 36.5 Å². The molecule has 3 aromatic rings. The number of carbonyl (C=O) groups is 2. The number of hydrogen-bond acceptors (Lipinski definition) is 3. The Morgan fingerprint density at radius 3 is 2.03 bits per heavy atom. The first-order valence-electron chi connectivity index (χ1n) is 11.0. The highest BCUT2D eigenvalue weighted by Gasteiger charge is 2.29. The predicted octanol–water partition coefficient (Wildman–Crippen LogP) is 5.03. The number of benzene rings is 3. The summed E-state index contributed by atoms with van der Waals surface area (Å²) in [5.41, 5.74) is 6.75. The number of amides is 1. The van der Waals surface area contributed by atoms with Crippen molar-refractivity contribution in [3.8, 4) is 11.1 Å². The zero-order valence-corrected chi connectivity index (χ0v) is 18.1. The number of alkyl carbamates (subject to hydrolysis) is 1. The van der Waals surface area contributed by atoms with Crippen LogP contribution in [0.2, 0.25) is 0 Å². The molecule has 0 fully saturated rings. The minimum absolute atomic E-state index is 0.0154. The topological polar surface area (TPSA) is 75.6 Å². The van der Waals surface area contributed by atoms with Gasteiger partial charge in [0.15, 0.2) is 0 Å². The van der Waals surface area contributed by atoms with Crippen LogP contribution in [-0.2, 0) is 22.4 Å².